The van der Waals surface area contributed by atoms with E-state index in [-0.39, 0.29) is 12.1 Å². The van der Waals surface area contributed by atoms with Crippen molar-refractivity contribution in [2.24, 2.45) is 5.92 Å². The van der Waals surface area contributed by atoms with Gasteiger partial charge in [0.25, 0.3) is 0 Å². The molecule has 0 aromatic heterocycles. The zero-order valence-corrected chi connectivity index (χ0v) is 14.4. The lowest BCUT2D eigenvalue weighted by atomic mass is 9.77. The number of carboxylic acids is 1. The van der Waals surface area contributed by atoms with Crippen LogP contribution in [0.3, 0.4) is 0 Å². The van der Waals surface area contributed by atoms with E-state index in [1.54, 1.807) is 12.1 Å². The summed E-state index contributed by atoms with van der Waals surface area (Å²) in [5.41, 5.74) is 5.17. The van der Waals surface area contributed by atoms with Crippen molar-refractivity contribution in [3.05, 3.63) is 64.7 Å². The Labute approximate surface area is 147 Å². The minimum absolute atomic E-state index is 0.112. The van der Waals surface area contributed by atoms with E-state index in [0.717, 1.165) is 37.1 Å². The molecule has 2 aliphatic heterocycles. The maximum Gasteiger partial charge on any atom is 0.335 e. The topological polar surface area (TPSA) is 58.6 Å². The van der Waals surface area contributed by atoms with Crippen LogP contribution in [-0.4, -0.2) is 17.7 Å². The Bertz CT molecular complexity index is 784. The zero-order valence-electron chi connectivity index (χ0n) is 14.4. The first-order valence-electron chi connectivity index (χ1n) is 9.01. The monoisotopic (exact) mass is 337 g/mol. The quantitative estimate of drug-likeness (QED) is 0.860. The van der Waals surface area contributed by atoms with Crippen LogP contribution in [0.4, 0.5) is 5.69 Å². The summed E-state index contributed by atoms with van der Waals surface area (Å²) in [5.74, 6) is -0.525. The molecule has 1 saturated heterocycles. The molecule has 2 aliphatic rings. The third kappa shape index (κ3) is 2.91. The van der Waals surface area contributed by atoms with Crippen molar-refractivity contribution in [2.45, 2.75) is 38.3 Å². The molecule has 0 spiro atoms. The first-order chi connectivity index (χ1) is 12.2. The Balaban J connectivity index is 1.72. The van der Waals surface area contributed by atoms with E-state index in [1.165, 1.54) is 11.1 Å². The van der Waals surface area contributed by atoms with Crippen LogP contribution in [0.5, 0.6) is 0 Å². The third-order valence-corrected chi connectivity index (χ3v) is 5.45. The minimum atomic E-state index is -0.889. The SMILES string of the molecule is CCc1ccc2c(c1)[C@H]1OCCC[C@H]1[C@H](c1ccc(C(=O)O)cc1)N2. The minimum Gasteiger partial charge on any atom is -0.478 e. The average molecular weight is 337 g/mol. The Hall–Kier alpha value is -2.33. The smallest absolute Gasteiger partial charge is 0.335 e. The predicted octanol–water partition coefficient (Wildman–Crippen LogP) is 4.58. The third-order valence-electron chi connectivity index (χ3n) is 5.45. The molecule has 0 saturated carbocycles. The van der Waals surface area contributed by atoms with E-state index >= 15 is 0 Å². The summed E-state index contributed by atoms with van der Waals surface area (Å²) < 4.78 is 6.19. The molecular formula is C21H23NO3. The van der Waals surface area contributed by atoms with Gasteiger partial charge in [0.2, 0.25) is 0 Å². The number of carboxylic acid groups (broad SMARTS) is 1. The van der Waals surface area contributed by atoms with Crippen LogP contribution in [0.25, 0.3) is 0 Å². The summed E-state index contributed by atoms with van der Waals surface area (Å²) in [4.78, 5) is 11.1. The van der Waals surface area contributed by atoms with E-state index < -0.39 is 5.97 Å². The Morgan fingerprint density at radius 1 is 1.24 bits per heavy atom. The van der Waals surface area contributed by atoms with Gasteiger partial charge in [0.05, 0.1) is 17.7 Å². The van der Waals surface area contributed by atoms with Crippen molar-refractivity contribution >= 4 is 11.7 Å². The molecule has 0 aliphatic carbocycles. The maximum atomic E-state index is 11.1. The van der Waals surface area contributed by atoms with E-state index in [9.17, 15) is 4.79 Å². The second kappa shape index (κ2) is 6.52. The number of anilines is 1. The highest BCUT2D eigenvalue weighted by Gasteiger charge is 2.39. The van der Waals surface area contributed by atoms with Gasteiger partial charge in [-0.05, 0) is 48.6 Å². The highest BCUT2D eigenvalue weighted by molar-refractivity contribution is 5.87. The van der Waals surface area contributed by atoms with Crippen LogP contribution in [0.1, 0.15) is 59.0 Å². The van der Waals surface area contributed by atoms with Gasteiger partial charge in [-0.15, -0.1) is 0 Å². The lowest BCUT2D eigenvalue weighted by molar-refractivity contribution is -0.0381. The summed E-state index contributed by atoms with van der Waals surface area (Å²) in [7, 11) is 0. The number of aryl methyl sites for hydroxylation is 1. The number of hydrogen-bond acceptors (Lipinski definition) is 3. The van der Waals surface area contributed by atoms with Crippen LogP contribution in [0, 0.1) is 5.92 Å². The van der Waals surface area contributed by atoms with E-state index in [0.29, 0.717) is 11.5 Å². The lowest BCUT2D eigenvalue weighted by Crippen LogP contribution is -2.36. The first-order valence-corrected chi connectivity index (χ1v) is 9.01. The lowest BCUT2D eigenvalue weighted by Gasteiger charge is -2.43. The molecule has 4 rings (SSSR count). The summed E-state index contributed by atoms with van der Waals surface area (Å²) in [6, 6.07) is 14.0. The molecule has 3 atom stereocenters. The van der Waals surface area contributed by atoms with E-state index in [2.05, 4.69) is 30.4 Å². The van der Waals surface area contributed by atoms with Crippen molar-refractivity contribution in [3.63, 3.8) is 0 Å². The number of aromatic carboxylic acids is 1. The number of ether oxygens (including phenoxy) is 1. The molecule has 0 unspecified atom stereocenters. The molecule has 2 aromatic carbocycles. The Morgan fingerprint density at radius 3 is 2.76 bits per heavy atom. The van der Waals surface area contributed by atoms with Crippen molar-refractivity contribution in [3.8, 4) is 0 Å². The number of carbonyl (C=O) groups is 1. The normalized spacial score (nSPS) is 24.8. The Kier molecular flexibility index (Phi) is 4.22. The number of rotatable bonds is 3. The molecule has 0 amide bonds. The maximum absolute atomic E-state index is 11.1. The fourth-order valence-electron chi connectivity index (χ4n) is 4.10. The predicted molar refractivity (Wildman–Crippen MR) is 97.0 cm³/mol. The van der Waals surface area contributed by atoms with Crippen molar-refractivity contribution in [1.29, 1.82) is 0 Å². The van der Waals surface area contributed by atoms with Gasteiger partial charge in [-0.1, -0.05) is 31.2 Å². The van der Waals surface area contributed by atoms with Gasteiger partial charge in [0.1, 0.15) is 0 Å². The van der Waals surface area contributed by atoms with Gasteiger partial charge in [-0.25, -0.2) is 4.79 Å². The molecule has 2 heterocycles. The standard InChI is InChI=1S/C21H23NO3/c1-2-13-5-10-18-17(12-13)20-16(4-3-11-25-20)19(22-18)14-6-8-15(9-7-14)21(23)24/h5-10,12,16,19-20,22H,2-4,11H2,1H3,(H,23,24)/t16-,19-,20-/m0/s1. The summed E-state index contributed by atoms with van der Waals surface area (Å²) >= 11 is 0. The second-order valence-corrected chi connectivity index (χ2v) is 6.92. The highest BCUT2D eigenvalue weighted by atomic mass is 16.5. The molecule has 2 N–H and O–H groups in total. The van der Waals surface area contributed by atoms with Crippen LogP contribution in [-0.2, 0) is 11.2 Å². The Morgan fingerprint density at radius 2 is 2.04 bits per heavy atom. The van der Waals surface area contributed by atoms with Crippen LogP contribution in [0.2, 0.25) is 0 Å². The van der Waals surface area contributed by atoms with Crippen LogP contribution < -0.4 is 5.32 Å². The van der Waals surface area contributed by atoms with Gasteiger partial charge in [-0.3, -0.25) is 0 Å². The number of hydrogen-bond donors (Lipinski definition) is 2. The second-order valence-electron chi connectivity index (χ2n) is 6.92. The summed E-state index contributed by atoms with van der Waals surface area (Å²) in [6.07, 6.45) is 3.31. The molecule has 4 heteroatoms. The molecular weight excluding hydrogens is 314 g/mol. The van der Waals surface area contributed by atoms with Crippen molar-refractivity contribution in [1.82, 2.24) is 0 Å². The van der Waals surface area contributed by atoms with Gasteiger partial charge in [-0.2, -0.15) is 0 Å². The van der Waals surface area contributed by atoms with Crippen LogP contribution in [0.15, 0.2) is 42.5 Å². The summed E-state index contributed by atoms with van der Waals surface area (Å²) in [6.45, 7) is 2.98. The van der Waals surface area contributed by atoms with E-state index in [1.807, 2.05) is 12.1 Å². The van der Waals surface area contributed by atoms with Crippen LogP contribution >= 0.6 is 0 Å². The van der Waals surface area contributed by atoms with Gasteiger partial charge < -0.3 is 15.2 Å². The first kappa shape index (κ1) is 16.2. The molecule has 0 bridgehead atoms. The molecule has 2 aromatic rings. The highest BCUT2D eigenvalue weighted by Crippen LogP contribution is 2.49. The molecule has 25 heavy (non-hydrogen) atoms. The molecule has 0 radical (unpaired) electrons. The number of fused-ring (bicyclic) bond motifs is 3. The largest absolute Gasteiger partial charge is 0.478 e. The number of nitrogens with one attached hydrogen (secondary N) is 1. The zero-order chi connectivity index (χ0) is 17.4. The molecule has 4 nitrogen and oxygen atoms in total. The fraction of sp³-hybridized carbons (Fsp3) is 0.381. The van der Waals surface area contributed by atoms with E-state index in [4.69, 9.17) is 9.84 Å². The van der Waals surface area contributed by atoms with Crippen molar-refractivity contribution in [2.75, 3.05) is 11.9 Å². The van der Waals surface area contributed by atoms with Crippen molar-refractivity contribution < 1.29 is 14.6 Å². The average Bonchev–Trinajstić information content (AvgIpc) is 2.67. The number of benzene rings is 2. The molecule has 130 valence electrons. The molecule has 1 fully saturated rings. The van der Waals surface area contributed by atoms with Gasteiger partial charge in [0, 0.05) is 23.8 Å². The van der Waals surface area contributed by atoms with Gasteiger partial charge in [0.15, 0.2) is 0 Å². The van der Waals surface area contributed by atoms with Gasteiger partial charge >= 0.3 is 5.97 Å². The fourth-order valence-corrected chi connectivity index (χ4v) is 4.10. The summed E-state index contributed by atoms with van der Waals surface area (Å²) in [5, 5.41) is 12.8.